The van der Waals surface area contributed by atoms with Crippen molar-refractivity contribution in [2.24, 2.45) is 0 Å². The lowest BCUT2D eigenvalue weighted by Gasteiger charge is -2.08. The van der Waals surface area contributed by atoms with E-state index in [1.165, 1.54) is 31.2 Å². The van der Waals surface area contributed by atoms with Crippen molar-refractivity contribution in [2.45, 2.75) is 13.0 Å². The van der Waals surface area contributed by atoms with E-state index in [1.54, 1.807) is 0 Å². The molecule has 1 aromatic carbocycles. The molecule has 0 unspecified atom stereocenters. The summed E-state index contributed by atoms with van der Waals surface area (Å²) >= 11 is 0. The second kappa shape index (κ2) is 4.45. The van der Waals surface area contributed by atoms with Gasteiger partial charge >= 0.3 is 5.97 Å². The number of carbonyl (C=O) groups is 2. The van der Waals surface area contributed by atoms with Crippen molar-refractivity contribution in [1.29, 1.82) is 0 Å². The fourth-order valence-electron chi connectivity index (χ4n) is 0.989. The van der Waals surface area contributed by atoms with Crippen molar-refractivity contribution in [3.05, 3.63) is 29.8 Å². The van der Waals surface area contributed by atoms with Crippen LogP contribution in [0.1, 0.15) is 17.3 Å². The number of phenols is 1. The van der Waals surface area contributed by atoms with Gasteiger partial charge in [0.15, 0.2) is 0 Å². The van der Waals surface area contributed by atoms with E-state index in [-0.39, 0.29) is 11.3 Å². The number of carboxylic acids is 1. The number of aromatic hydroxyl groups is 1. The molecular weight excluding hydrogens is 198 g/mol. The van der Waals surface area contributed by atoms with Gasteiger partial charge in [0.25, 0.3) is 5.91 Å². The van der Waals surface area contributed by atoms with Gasteiger partial charge in [0.1, 0.15) is 11.8 Å². The minimum atomic E-state index is -1.11. The molecule has 0 fully saturated rings. The van der Waals surface area contributed by atoms with E-state index in [2.05, 4.69) is 5.32 Å². The lowest BCUT2D eigenvalue weighted by atomic mass is 10.2. The Morgan fingerprint density at radius 1 is 1.40 bits per heavy atom. The van der Waals surface area contributed by atoms with Crippen molar-refractivity contribution in [1.82, 2.24) is 5.32 Å². The number of hydrogen-bond acceptors (Lipinski definition) is 3. The molecular formula is C10H11NO4. The van der Waals surface area contributed by atoms with Gasteiger partial charge in [-0.25, -0.2) is 0 Å². The molecule has 0 aromatic heterocycles. The van der Waals surface area contributed by atoms with E-state index < -0.39 is 17.9 Å². The minimum Gasteiger partial charge on any atom is -0.508 e. The average Bonchev–Trinajstić information content (AvgIpc) is 2.17. The number of rotatable bonds is 3. The third-order valence-corrected chi connectivity index (χ3v) is 1.83. The molecule has 80 valence electrons. The van der Waals surface area contributed by atoms with E-state index in [9.17, 15) is 9.59 Å². The average molecular weight is 209 g/mol. The fraction of sp³-hybridized carbons (Fsp3) is 0.200. The highest BCUT2D eigenvalue weighted by molar-refractivity contribution is 5.96. The molecule has 1 atom stereocenters. The van der Waals surface area contributed by atoms with Gasteiger partial charge in [-0.1, -0.05) is 6.07 Å². The zero-order valence-corrected chi connectivity index (χ0v) is 8.10. The molecule has 0 aliphatic rings. The molecule has 1 aromatic rings. The van der Waals surface area contributed by atoms with E-state index in [4.69, 9.17) is 10.2 Å². The number of hydrogen-bond donors (Lipinski definition) is 3. The van der Waals surface area contributed by atoms with Gasteiger partial charge in [-0.2, -0.15) is 0 Å². The third kappa shape index (κ3) is 2.98. The van der Waals surface area contributed by atoms with Gasteiger partial charge in [-0.3, -0.25) is 9.59 Å². The summed E-state index contributed by atoms with van der Waals surface area (Å²) in [6.07, 6.45) is 0. The van der Waals surface area contributed by atoms with Crippen molar-refractivity contribution in [2.75, 3.05) is 0 Å². The van der Waals surface area contributed by atoms with Crippen molar-refractivity contribution >= 4 is 11.9 Å². The summed E-state index contributed by atoms with van der Waals surface area (Å²) in [5, 5.41) is 20.0. The lowest BCUT2D eigenvalue weighted by Crippen LogP contribution is -2.38. The molecule has 0 radical (unpaired) electrons. The number of nitrogens with one attached hydrogen (secondary N) is 1. The van der Waals surface area contributed by atoms with Gasteiger partial charge in [0.2, 0.25) is 0 Å². The number of aliphatic carboxylic acids is 1. The highest BCUT2D eigenvalue weighted by Gasteiger charge is 2.15. The minimum absolute atomic E-state index is 0.0365. The smallest absolute Gasteiger partial charge is 0.325 e. The Kier molecular flexibility index (Phi) is 3.28. The Bertz CT molecular complexity index is 389. The monoisotopic (exact) mass is 209 g/mol. The van der Waals surface area contributed by atoms with Gasteiger partial charge in [-0.05, 0) is 25.1 Å². The van der Waals surface area contributed by atoms with Gasteiger partial charge in [-0.15, -0.1) is 0 Å². The second-order valence-corrected chi connectivity index (χ2v) is 3.08. The standard InChI is InChI=1S/C10H11NO4/c1-6(10(14)15)11-9(13)7-3-2-4-8(12)5-7/h2-6,12H,1H3,(H,11,13)(H,14,15)/t6-/m1/s1. The summed E-state index contributed by atoms with van der Waals surface area (Å²) in [5.41, 5.74) is 0.225. The van der Waals surface area contributed by atoms with Crippen LogP contribution in [0.2, 0.25) is 0 Å². The number of amides is 1. The first-order valence-electron chi connectivity index (χ1n) is 4.33. The molecule has 5 nitrogen and oxygen atoms in total. The molecule has 0 bridgehead atoms. The van der Waals surface area contributed by atoms with Gasteiger partial charge in [0.05, 0.1) is 0 Å². The highest BCUT2D eigenvalue weighted by Crippen LogP contribution is 2.10. The van der Waals surface area contributed by atoms with E-state index in [0.717, 1.165) is 0 Å². The summed E-state index contributed by atoms with van der Waals surface area (Å²) in [6, 6.07) is 4.74. The maximum atomic E-state index is 11.4. The van der Waals surface area contributed by atoms with Crippen molar-refractivity contribution in [3.63, 3.8) is 0 Å². The normalized spacial score (nSPS) is 11.8. The van der Waals surface area contributed by atoms with E-state index in [1.807, 2.05) is 0 Å². The zero-order chi connectivity index (χ0) is 11.4. The summed E-state index contributed by atoms with van der Waals surface area (Å²) in [6.45, 7) is 1.36. The molecule has 15 heavy (non-hydrogen) atoms. The molecule has 0 saturated carbocycles. The summed E-state index contributed by atoms with van der Waals surface area (Å²) in [7, 11) is 0. The first-order chi connectivity index (χ1) is 7.00. The van der Waals surface area contributed by atoms with Crippen LogP contribution in [-0.4, -0.2) is 28.1 Å². The SMILES string of the molecule is C[C@@H](NC(=O)c1cccc(O)c1)C(=O)O. The molecule has 1 amide bonds. The van der Waals surface area contributed by atoms with E-state index in [0.29, 0.717) is 0 Å². The zero-order valence-electron chi connectivity index (χ0n) is 8.10. The Balaban J connectivity index is 2.73. The maximum absolute atomic E-state index is 11.4. The number of carboxylic acid groups (broad SMARTS) is 1. The molecule has 0 spiro atoms. The second-order valence-electron chi connectivity index (χ2n) is 3.08. The number of carbonyl (C=O) groups excluding carboxylic acids is 1. The maximum Gasteiger partial charge on any atom is 0.325 e. The summed E-state index contributed by atoms with van der Waals surface area (Å²) in [5.74, 6) is -1.67. The highest BCUT2D eigenvalue weighted by atomic mass is 16.4. The van der Waals surface area contributed by atoms with Gasteiger partial charge in [0, 0.05) is 5.56 Å². The van der Waals surface area contributed by atoms with Gasteiger partial charge < -0.3 is 15.5 Å². The lowest BCUT2D eigenvalue weighted by molar-refractivity contribution is -0.138. The molecule has 0 aliphatic heterocycles. The van der Waals surface area contributed by atoms with Crippen LogP contribution in [0.5, 0.6) is 5.75 Å². The van der Waals surface area contributed by atoms with Crippen LogP contribution in [0.4, 0.5) is 0 Å². The summed E-state index contributed by atoms with van der Waals surface area (Å²) in [4.78, 5) is 21.9. The topological polar surface area (TPSA) is 86.6 Å². The van der Waals surface area contributed by atoms with Crippen molar-refractivity contribution < 1.29 is 19.8 Å². The Labute approximate surface area is 86.4 Å². The first-order valence-corrected chi connectivity index (χ1v) is 4.33. The quantitative estimate of drug-likeness (QED) is 0.680. The molecule has 3 N–H and O–H groups in total. The molecule has 1 rings (SSSR count). The number of benzene rings is 1. The Hall–Kier alpha value is -2.04. The van der Waals surface area contributed by atoms with Crippen LogP contribution >= 0.6 is 0 Å². The molecule has 0 aliphatic carbocycles. The van der Waals surface area contributed by atoms with Crippen LogP contribution in [0.3, 0.4) is 0 Å². The fourth-order valence-corrected chi connectivity index (χ4v) is 0.989. The molecule has 0 heterocycles. The predicted molar refractivity (Wildman–Crippen MR) is 52.7 cm³/mol. The third-order valence-electron chi connectivity index (χ3n) is 1.83. The van der Waals surface area contributed by atoms with Crippen LogP contribution in [0.15, 0.2) is 24.3 Å². The largest absolute Gasteiger partial charge is 0.508 e. The molecule has 5 heteroatoms. The Morgan fingerprint density at radius 3 is 2.60 bits per heavy atom. The number of phenolic OH excluding ortho intramolecular Hbond substituents is 1. The van der Waals surface area contributed by atoms with E-state index >= 15 is 0 Å². The molecule has 0 saturated heterocycles. The first kappa shape index (κ1) is 11.0. The summed E-state index contributed by atoms with van der Waals surface area (Å²) < 4.78 is 0. The van der Waals surface area contributed by atoms with Crippen molar-refractivity contribution in [3.8, 4) is 5.75 Å². The van der Waals surface area contributed by atoms with Crippen LogP contribution in [0, 0.1) is 0 Å². The van der Waals surface area contributed by atoms with Crippen LogP contribution in [0.25, 0.3) is 0 Å². The van der Waals surface area contributed by atoms with Crippen LogP contribution < -0.4 is 5.32 Å². The van der Waals surface area contributed by atoms with Crippen LogP contribution in [-0.2, 0) is 4.79 Å². The Morgan fingerprint density at radius 2 is 2.07 bits per heavy atom. The predicted octanol–water partition coefficient (Wildman–Crippen LogP) is 0.595.